The van der Waals surface area contributed by atoms with Gasteiger partial charge in [0, 0.05) is 6.54 Å². The van der Waals surface area contributed by atoms with Crippen LogP contribution in [-0.2, 0) is 11.3 Å². The summed E-state index contributed by atoms with van der Waals surface area (Å²) in [6.45, 7) is 0.564. The summed E-state index contributed by atoms with van der Waals surface area (Å²) in [6.07, 6.45) is 3.00. The lowest BCUT2D eigenvalue weighted by Crippen LogP contribution is -2.24. The fourth-order valence-corrected chi connectivity index (χ4v) is 1.70. The molecule has 22 heavy (non-hydrogen) atoms. The molecule has 1 N–H and O–H groups in total. The van der Waals surface area contributed by atoms with E-state index < -0.39 is 6.09 Å². The van der Waals surface area contributed by atoms with Crippen molar-refractivity contribution in [3.05, 3.63) is 71.6 Å². The number of aromatic nitrogens is 1. The van der Waals surface area contributed by atoms with Crippen LogP contribution in [0.25, 0.3) is 6.08 Å². The largest absolute Gasteiger partial charge is 0.445 e. The smallest absolute Gasteiger partial charge is 0.407 e. The number of pyridine rings is 1. The first-order valence-corrected chi connectivity index (χ1v) is 6.76. The second-order valence-corrected chi connectivity index (χ2v) is 4.40. The van der Waals surface area contributed by atoms with Gasteiger partial charge in [-0.1, -0.05) is 42.5 Å². The molecule has 1 amide bonds. The van der Waals surface area contributed by atoms with E-state index in [0.29, 0.717) is 17.9 Å². The fourth-order valence-electron chi connectivity index (χ4n) is 1.70. The molecule has 1 aromatic heterocycles. The summed E-state index contributed by atoms with van der Waals surface area (Å²) in [6, 6.07) is 16.6. The zero-order valence-corrected chi connectivity index (χ0v) is 11.9. The first kappa shape index (κ1) is 15.3. The summed E-state index contributed by atoms with van der Waals surface area (Å²) in [4.78, 5) is 15.6. The van der Waals surface area contributed by atoms with Gasteiger partial charge in [-0.15, -0.1) is 0 Å². The molecule has 0 radical (unpaired) electrons. The molecular formula is C17H15N3O2. The number of ether oxygens (including phenoxy) is 1. The number of hydrogen-bond donors (Lipinski definition) is 1. The highest BCUT2D eigenvalue weighted by Gasteiger charge is 2.00. The molecule has 1 aromatic carbocycles. The van der Waals surface area contributed by atoms with E-state index in [1.54, 1.807) is 30.4 Å². The summed E-state index contributed by atoms with van der Waals surface area (Å²) in [5.41, 5.74) is 1.96. The molecule has 1 heterocycles. The zero-order valence-electron chi connectivity index (χ0n) is 11.9. The zero-order chi connectivity index (χ0) is 15.6. The number of carbonyl (C=O) groups excluding carboxylic acids is 1. The SMILES string of the molecule is N#Cc1cccc(C=CCNC(=O)OCc2ccccc2)n1. The number of carbonyl (C=O) groups is 1. The van der Waals surface area contributed by atoms with E-state index in [-0.39, 0.29) is 6.61 Å². The number of nitrogens with one attached hydrogen (secondary N) is 1. The normalized spacial score (nSPS) is 10.1. The predicted octanol–water partition coefficient (Wildman–Crippen LogP) is 2.89. The van der Waals surface area contributed by atoms with E-state index >= 15 is 0 Å². The molecular weight excluding hydrogens is 278 g/mol. The Morgan fingerprint density at radius 3 is 2.82 bits per heavy atom. The van der Waals surface area contributed by atoms with E-state index in [1.165, 1.54) is 0 Å². The summed E-state index contributed by atoms with van der Waals surface area (Å²) in [7, 11) is 0. The van der Waals surface area contributed by atoms with Gasteiger partial charge in [-0.05, 0) is 23.8 Å². The van der Waals surface area contributed by atoms with E-state index in [9.17, 15) is 4.79 Å². The average Bonchev–Trinajstić information content (AvgIpc) is 2.58. The highest BCUT2D eigenvalue weighted by Crippen LogP contribution is 2.01. The molecule has 0 atom stereocenters. The molecule has 2 rings (SSSR count). The van der Waals surface area contributed by atoms with Crippen molar-refractivity contribution in [2.75, 3.05) is 6.54 Å². The van der Waals surface area contributed by atoms with Crippen molar-refractivity contribution in [3.63, 3.8) is 0 Å². The number of nitriles is 1. The Bertz CT molecular complexity index is 691. The van der Waals surface area contributed by atoms with Gasteiger partial charge in [-0.3, -0.25) is 0 Å². The van der Waals surface area contributed by atoms with Gasteiger partial charge in [0.2, 0.25) is 0 Å². The lowest BCUT2D eigenvalue weighted by molar-refractivity contribution is 0.141. The van der Waals surface area contributed by atoms with Gasteiger partial charge in [0.25, 0.3) is 0 Å². The van der Waals surface area contributed by atoms with Gasteiger partial charge in [0.05, 0.1) is 5.69 Å². The second kappa shape index (κ2) is 8.22. The molecule has 110 valence electrons. The van der Waals surface area contributed by atoms with Crippen LogP contribution in [0.5, 0.6) is 0 Å². The second-order valence-electron chi connectivity index (χ2n) is 4.40. The maximum atomic E-state index is 11.5. The van der Waals surface area contributed by atoms with Gasteiger partial charge in [0.1, 0.15) is 18.4 Å². The van der Waals surface area contributed by atoms with Crippen LogP contribution in [0, 0.1) is 11.3 Å². The molecule has 0 spiro atoms. The van der Waals surface area contributed by atoms with Gasteiger partial charge < -0.3 is 10.1 Å². The third-order valence-electron chi connectivity index (χ3n) is 2.75. The number of hydrogen-bond acceptors (Lipinski definition) is 4. The number of amides is 1. The minimum absolute atomic E-state index is 0.238. The first-order valence-electron chi connectivity index (χ1n) is 6.76. The molecule has 0 fully saturated rings. The average molecular weight is 293 g/mol. The quantitative estimate of drug-likeness (QED) is 0.919. The van der Waals surface area contributed by atoms with Crippen molar-refractivity contribution in [3.8, 4) is 6.07 Å². The fraction of sp³-hybridized carbons (Fsp3) is 0.118. The topological polar surface area (TPSA) is 75.0 Å². The first-order chi connectivity index (χ1) is 10.8. The number of alkyl carbamates (subject to hydrolysis) is 1. The minimum Gasteiger partial charge on any atom is -0.445 e. The monoisotopic (exact) mass is 293 g/mol. The van der Waals surface area contributed by atoms with Crippen molar-refractivity contribution < 1.29 is 9.53 Å². The lowest BCUT2D eigenvalue weighted by atomic mass is 10.2. The van der Waals surface area contributed by atoms with Crippen molar-refractivity contribution in [1.82, 2.24) is 10.3 Å². The Kier molecular flexibility index (Phi) is 5.70. The van der Waals surface area contributed by atoms with Crippen LogP contribution in [-0.4, -0.2) is 17.6 Å². The molecule has 0 unspecified atom stereocenters. The molecule has 5 nitrogen and oxygen atoms in total. The van der Waals surface area contributed by atoms with Crippen LogP contribution in [0.15, 0.2) is 54.6 Å². The van der Waals surface area contributed by atoms with Gasteiger partial charge in [-0.2, -0.15) is 5.26 Å². The van der Waals surface area contributed by atoms with Gasteiger partial charge >= 0.3 is 6.09 Å². The Balaban J connectivity index is 1.72. The van der Waals surface area contributed by atoms with Crippen LogP contribution < -0.4 is 5.32 Å². The van der Waals surface area contributed by atoms with Crippen molar-refractivity contribution in [2.24, 2.45) is 0 Å². The van der Waals surface area contributed by atoms with E-state index in [2.05, 4.69) is 10.3 Å². The summed E-state index contributed by atoms with van der Waals surface area (Å²) in [5, 5.41) is 11.4. The van der Waals surface area contributed by atoms with Crippen molar-refractivity contribution >= 4 is 12.2 Å². The number of nitrogens with zero attached hydrogens (tertiary/aromatic N) is 2. The molecule has 0 saturated heterocycles. The number of benzene rings is 1. The van der Waals surface area contributed by atoms with E-state index in [1.807, 2.05) is 36.4 Å². The minimum atomic E-state index is -0.479. The van der Waals surface area contributed by atoms with Crippen LogP contribution in [0.1, 0.15) is 17.0 Å². The Morgan fingerprint density at radius 2 is 2.05 bits per heavy atom. The Morgan fingerprint density at radius 1 is 1.23 bits per heavy atom. The Labute approximate surface area is 128 Å². The van der Waals surface area contributed by atoms with E-state index in [0.717, 1.165) is 5.56 Å². The standard InChI is InChI=1S/C17H15N3O2/c18-12-16-9-4-8-15(20-16)10-5-11-19-17(21)22-13-14-6-2-1-3-7-14/h1-10H,11,13H2,(H,19,21). The van der Waals surface area contributed by atoms with Gasteiger partial charge in [0.15, 0.2) is 0 Å². The molecule has 0 bridgehead atoms. The summed E-state index contributed by atoms with van der Waals surface area (Å²) < 4.78 is 5.07. The molecule has 0 aliphatic heterocycles. The third kappa shape index (κ3) is 5.10. The summed E-state index contributed by atoms with van der Waals surface area (Å²) in [5.74, 6) is 0. The van der Waals surface area contributed by atoms with E-state index in [4.69, 9.17) is 10.00 Å². The molecule has 2 aromatic rings. The lowest BCUT2D eigenvalue weighted by Gasteiger charge is -2.05. The summed E-state index contributed by atoms with van der Waals surface area (Å²) >= 11 is 0. The van der Waals surface area contributed by atoms with Crippen LogP contribution in [0.2, 0.25) is 0 Å². The van der Waals surface area contributed by atoms with Gasteiger partial charge in [-0.25, -0.2) is 9.78 Å². The molecule has 0 aliphatic rings. The van der Waals surface area contributed by atoms with Crippen LogP contribution >= 0.6 is 0 Å². The third-order valence-corrected chi connectivity index (χ3v) is 2.75. The highest BCUT2D eigenvalue weighted by molar-refractivity contribution is 5.67. The predicted molar refractivity (Wildman–Crippen MR) is 82.6 cm³/mol. The maximum Gasteiger partial charge on any atom is 0.407 e. The molecule has 5 heteroatoms. The van der Waals surface area contributed by atoms with Crippen LogP contribution in [0.3, 0.4) is 0 Å². The van der Waals surface area contributed by atoms with Crippen molar-refractivity contribution in [1.29, 1.82) is 5.26 Å². The van der Waals surface area contributed by atoms with Crippen molar-refractivity contribution in [2.45, 2.75) is 6.61 Å². The Hall–Kier alpha value is -3.13. The molecule has 0 aliphatic carbocycles. The maximum absolute atomic E-state index is 11.5. The van der Waals surface area contributed by atoms with Crippen LogP contribution in [0.4, 0.5) is 4.79 Å². The highest BCUT2D eigenvalue weighted by atomic mass is 16.5. The molecule has 0 saturated carbocycles. The number of rotatable bonds is 5.